The summed E-state index contributed by atoms with van der Waals surface area (Å²) in [6, 6.07) is 31.6. The molecule has 0 atom stereocenters. The van der Waals surface area contributed by atoms with E-state index in [1.54, 1.807) is 28.9 Å². The van der Waals surface area contributed by atoms with Gasteiger partial charge in [-0.3, -0.25) is 9.48 Å². The molecule has 5 heteroatoms. The summed E-state index contributed by atoms with van der Waals surface area (Å²) in [6.45, 7) is 2.13. The third-order valence-corrected chi connectivity index (χ3v) is 6.29. The monoisotopic (exact) mass is 474 g/mol. The number of carbonyl (C=O) groups is 1. The normalized spacial score (nSPS) is 10.9. The highest BCUT2D eigenvalue weighted by molar-refractivity contribution is 5.96. The van der Waals surface area contributed by atoms with Gasteiger partial charge in [0.15, 0.2) is 5.78 Å². The Morgan fingerprint density at radius 2 is 1.22 bits per heavy atom. The van der Waals surface area contributed by atoms with Crippen LogP contribution in [0.3, 0.4) is 0 Å². The number of benzene rings is 4. The van der Waals surface area contributed by atoms with Gasteiger partial charge >= 0.3 is 0 Å². The first-order valence-corrected chi connectivity index (χ1v) is 11.9. The van der Waals surface area contributed by atoms with E-state index in [2.05, 4.69) is 6.92 Å². The van der Waals surface area contributed by atoms with Crippen LogP contribution in [0.2, 0.25) is 0 Å². The number of carbonyl (C=O) groups excluding carboxylic acids is 1. The van der Waals surface area contributed by atoms with Gasteiger partial charge < -0.3 is 10.2 Å². The number of rotatable bonds is 7. The SMILES string of the molecule is CCc1c(-c2ccc(O)cc2)nn(CC(=O)c2ccc(-c3ccccc3)cc2)c1-c1ccc(O)cc1. The average molecular weight is 475 g/mol. The summed E-state index contributed by atoms with van der Waals surface area (Å²) in [5.41, 5.74) is 7.12. The molecule has 0 radical (unpaired) electrons. The van der Waals surface area contributed by atoms with Crippen LogP contribution in [-0.2, 0) is 13.0 Å². The Balaban J connectivity index is 1.53. The van der Waals surface area contributed by atoms with Gasteiger partial charge in [0.1, 0.15) is 18.0 Å². The van der Waals surface area contributed by atoms with E-state index < -0.39 is 0 Å². The highest BCUT2D eigenvalue weighted by atomic mass is 16.3. The Labute approximate surface area is 209 Å². The zero-order valence-corrected chi connectivity index (χ0v) is 19.9. The highest BCUT2D eigenvalue weighted by Crippen LogP contribution is 2.34. The van der Waals surface area contributed by atoms with Gasteiger partial charge in [0.25, 0.3) is 0 Å². The van der Waals surface area contributed by atoms with Crippen LogP contribution in [0.4, 0.5) is 0 Å². The molecular weight excluding hydrogens is 448 g/mol. The molecule has 0 aliphatic heterocycles. The van der Waals surface area contributed by atoms with Gasteiger partial charge in [-0.1, -0.05) is 61.5 Å². The lowest BCUT2D eigenvalue weighted by Crippen LogP contribution is -2.13. The maximum absolute atomic E-state index is 13.4. The fourth-order valence-electron chi connectivity index (χ4n) is 4.45. The summed E-state index contributed by atoms with van der Waals surface area (Å²) >= 11 is 0. The van der Waals surface area contributed by atoms with E-state index in [9.17, 15) is 15.0 Å². The second-order valence-corrected chi connectivity index (χ2v) is 8.65. The first-order chi connectivity index (χ1) is 17.5. The van der Waals surface area contributed by atoms with Crippen LogP contribution in [0.1, 0.15) is 22.8 Å². The molecule has 1 aromatic heterocycles. The second kappa shape index (κ2) is 9.92. The van der Waals surface area contributed by atoms with E-state index in [0.717, 1.165) is 39.2 Å². The summed E-state index contributed by atoms with van der Waals surface area (Å²) in [5.74, 6) is 0.317. The molecule has 0 saturated heterocycles. The minimum atomic E-state index is -0.0444. The minimum Gasteiger partial charge on any atom is -0.508 e. The lowest BCUT2D eigenvalue weighted by atomic mass is 9.99. The van der Waals surface area contributed by atoms with E-state index in [1.165, 1.54) is 0 Å². The quantitative estimate of drug-likeness (QED) is 0.256. The molecule has 178 valence electrons. The Morgan fingerprint density at radius 3 is 1.81 bits per heavy atom. The number of phenols is 2. The van der Waals surface area contributed by atoms with E-state index >= 15 is 0 Å². The maximum Gasteiger partial charge on any atom is 0.184 e. The third kappa shape index (κ3) is 4.64. The van der Waals surface area contributed by atoms with Crippen LogP contribution in [0.15, 0.2) is 103 Å². The molecule has 4 aromatic carbocycles. The van der Waals surface area contributed by atoms with Crippen LogP contribution in [0.25, 0.3) is 33.6 Å². The summed E-state index contributed by atoms with van der Waals surface area (Å²) in [7, 11) is 0. The second-order valence-electron chi connectivity index (χ2n) is 8.65. The fraction of sp³-hybridized carbons (Fsp3) is 0.0968. The molecule has 0 aliphatic carbocycles. The molecule has 0 fully saturated rings. The lowest BCUT2D eigenvalue weighted by Gasteiger charge is -2.10. The Morgan fingerprint density at radius 1 is 0.694 bits per heavy atom. The van der Waals surface area contributed by atoms with Crippen molar-refractivity contribution in [3.05, 3.63) is 114 Å². The smallest absolute Gasteiger partial charge is 0.184 e. The summed E-state index contributed by atoms with van der Waals surface area (Å²) in [6.07, 6.45) is 0.701. The van der Waals surface area contributed by atoms with Gasteiger partial charge in [-0.25, -0.2) is 0 Å². The average Bonchev–Trinajstić information content (AvgIpc) is 3.28. The van der Waals surface area contributed by atoms with Crippen molar-refractivity contribution in [2.24, 2.45) is 0 Å². The van der Waals surface area contributed by atoms with Crippen molar-refractivity contribution < 1.29 is 15.0 Å². The summed E-state index contributed by atoms with van der Waals surface area (Å²) < 4.78 is 1.75. The van der Waals surface area contributed by atoms with Gasteiger partial charge in [-0.15, -0.1) is 0 Å². The number of hydrogen-bond acceptors (Lipinski definition) is 4. The number of nitrogens with zero attached hydrogens (tertiary/aromatic N) is 2. The van der Waals surface area contributed by atoms with Crippen molar-refractivity contribution in [3.63, 3.8) is 0 Å². The first kappa shape index (κ1) is 23.1. The number of aromatic nitrogens is 2. The fourth-order valence-corrected chi connectivity index (χ4v) is 4.45. The van der Waals surface area contributed by atoms with Crippen molar-refractivity contribution in [3.8, 4) is 45.1 Å². The van der Waals surface area contributed by atoms with Crippen LogP contribution in [0.5, 0.6) is 11.5 Å². The number of hydrogen-bond donors (Lipinski definition) is 2. The molecule has 36 heavy (non-hydrogen) atoms. The van der Waals surface area contributed by atoms with Gasteiger partial charge in [-0.2, -0.15) is 5.10 Å². The molecule has 5 rings (SSSR count). The van der Waals surface area contributed by atoms with Crippen molar-refractivity contribution in [2.45, 2.75) is 19.9 Å². The first-order valence-electron chi connectivity index (χ1n) is 11.9. The molecule has 0 bridgehead atoms. The Kier molecular flexibility index (Phi) is 6.37. The van der Waals surface area contributed by atoms with Crippen LogP contribution in [-0.4, -0.2) is 25.8 Å². The highest BCUT2D eigenvalue weighted by Gasteiger charge is 2.21. The van der Waals surface area contributed by atoms with Gasteiger partial charge in [-0.05, 0) is 66.1 Å². The molecular formula is C31H26N2O3. The van der Waals surface area contributed by atoms with Crippen molar-refractivity contribution in [1.82, 2.24) is 9.78 Å². The minimum absolute atomic E-state index is 0.0444. The Hall–Kier alpha value is -4.64. The molecule has 2 N–H and O–H groups in total. The summed E-state index contributed by atoms with van der Waals surface area (Å²) in [5, 5.41) is 24.4. The molecule has 5 nitrogen and oxygen atoms in total. The molecule has 0 saturated carbocycles. The van der Waals surface area contributed by atoms with Crippen LogP contribution >= 0.6 is 0 Å². The van der Waals surface area contributed by atoms with Gasteiger partial charge in [0.05, 0.1) is 11.4 Å². The molecule has 1 heterocycles. The molecule has 0 spiro atoms. The molecule has 0 unspecified atom stereocenters. The van der Waals surface area contributed by atoms with Gasteiger partial charge in [0.2, 0.25) is 0 Å². The van der Waals surface area contributed by atoms with E-state index in [-0.39, 0.29) is 23.8 Å². The lowest BCUT2D eigenvalue weighted by molar-refractivity contribution is 0.0968. The van der Waals surface area contributed by atoms with Crippen LogP contribution in [0, 0.1) is 0 Å². The standard InChI is InChI=1S/C31H26N2O3/c1-2-28-30(24-12-16-26(34)17-13-24)32-33(31(28)25-14-18-27(35)19-15-25)20-29(36)23-10-8-22(9-11-23)21-6-4-3-5-7-21/h3-19,34-35H,2,20H2,1H3. The summed E-state index contributed by atoms with van der Waals surface area (Å²) in [4.78, 5) is 13.4. The third-order valence-electron chi connectivity index (χ3n) is 6.29. The Bertz CT molecular complexity index is 1490. The van der Waals surface area contributed by atoms with Crippen LogP contribution < -0.4 is 0 Å². The zero-order chi connectivity index (χ0) is 25.1. The zero-order valence-electron chi connectivity index (χ0n) is 19.9. The van der Waals surface area contributed by atoms with Crippen molar-refractivity contribution >= 4 is 5.78 Å². The van der Waals surface area contributed by atoms with Crippen molar-refractivity contribution in [2.75, 3.05) is 0 Å². The number of aromatic hydroxyl groups is 2. The molecule has 0 aliphatic rings. The van der Waals surface area contributed by atoms with Gasteiger partial charge in [0, 0.05) is 22.3 Å². The van der Waals surface area contributed by atoms with Crippen molar-refractivity contribution in [1.29, 1.82) is 0 Å². The van der Waals surface area contributed by atoms with E-state index in [1.807, 2.05) is 78.9 Å². The predicted molar refractivity (Wildman–Crippen MR) is 142 cm³/mol. The molecule has 0 amide bonds. The number of ketones is 1. The number of Topliss-reactive ketones (excluding diaryl/α,β-unsaturated/α-hetero) is 1. The van der Waals surface area contributed by atoms with E-state index in [4.69, 9.17) is 5.10 Å². The van der Waals surface area contributed by atoms with E-state index in [0.29, 0.717) is 12.0 Å². The predicted octanol–water partition coefficient (Wildman–Crippen LogP) is 6.74. The largest absolute Gasteiger partial charge is 0.508 e. The number of phenolic OH excluding ortho intramolecular Hbond substituents is 2. The molecule has 5 aromatic rings. The maximum atomic E-state index is 13.4. The topological polar surface area (TPSA) is 75.4 Å².